The molecule has 5 heteroatoms. The van der Waals surface area contributed by atoms with Crippen molar-refractivity contribution in [1.29, 1.82) is 0 Å². The van der Waals surface area contributed by atoms with E-state index in [9.17, 15) is 14.0 Å². The van der Waals surface area contributed by atoms with E-state index in [0.29, 0.717) is 25.2 Å². The Kier molecular flexibility index (Phi) is 4.14. The Balaban J connectivity index is 2.16. The fraction of sp³-hybridized carbons (Fsp3) is 0.429. The van der Waals surface area contributed by atoms with Gasteiger partial charge in [-0.05, 0) is 44.0 Å². The van der Waals surface area contributed by atoms with E-state index < -0.39 is 5.92 Å². The van der Waals surface area contributed by atoms with Crippen molar-refractivity contribution in [2.45, 2.75) is 19.8 Å². The predicted molar refractivity (Wildman–Crippen MR) is 70.2 cm³/mol. The average Bonchev–Trinajstić information content (AvgIpc) is 2.40. The minimum absolute atomic E-state index is 0.205. The molecule has 0 aliphatic carbocycles. The molecule has 1 N–H and O–H groups in total. The average molecular weight is 264 g/mol. The molecule has 19 heavy (non-hydrogen) atoms. The lowest BCUT2D eigenvalue weighted by Gasteiger charge is -2.31. The topological polar surface area (TPSA) is 49.4 Å². The van der Waals surface area contributed by atoms with Crippen molar-refractivity contribution in [1.82, 2.24) is 5.32 Å². The maximum absolute atomic E-state index is 12.9. The third-order valence-electron chi connectivity index (χ3n) is 3.24. The molecule has 1 unspecified atom stereocenters. The van der Waals surface area contributed by atoms with Crippen LogP contribution in [-0.4, -0.2) is 24.9 Å². The van der Waals surface area contributed by atoms with Crippen LogP contribution < -0.4 is 10.2 Å². The molecule has 1 atom stereocenters. The van der Waals surface area contributed by atoms with Crippen LogP contribution in [0, 0.1) is 11.7 Å². The zero-order valence-electron chi connectivity index (χ0n) is 10.9. The maximum Gasteiger partial charge on any atom is 0.239 e. The molecule has 0 aromatic heterocycles. The molecule has 1 aromatic rings. The second-order valence-corrected chi connectivity index (χ2v) is 4.56. The van der Waals surface area contributed by atoms with E-state index in [1.807, 2.05) is 6.92 Å². The minimum Gasteiger partial charge on any atom is -0.356 e. The summed E-state index contributed by atoms with van der Waals surface area (Å²) in [6, 6.07) is 5.76. The summed E-state index contributed by atoms with van der Waals surface area (Å²) < 4.78 is 12.9. The Morgan fingerprint density at radius 1 is 1.42 bits per heavy atom. The highest BCUT2D eigenvalue weighted by Gasteiger charge is 2.34. The van der Waals surface area contributed by atoms with Crippen molar-refractivity contribution >= 4 is 17.5 Å². The van der Waals surface area contributed by atoms with Gasteiger partial charge in [0.25, 0.3) is 0 Å². The van der Waals surface area contributed by atoms with Gasteiger partial charge in [0, 0.05) is 18.8 Å². The summed E-state index contributed by atoms with van der Waals surface area (Å²) in [6.45, 7) is 2.91. The van der Waals surface area contributed by atoms with Crippen LogP contribution in [0.4, 0.5) is 10.1 Å². The van der Waals surface area contributed by atoms with Crippen molar-refractivity contribution in [3.63, 3.8) is 0 Å². The fourth-order valence-electron chi connectivity index (χ4n) is 2.29. The highest BCUT2D eigenvalue weighted by molar-refractivity contribution is 6.08. The standard InChI is InChI=1S/C14H17FN2O2/c1-2-16-13(18)12-4-3-9-17(14(12)19)11-7-5-10(15)6-8-11/h5-8,12H,2-4,9H2,1H3,(H,16,18). The number of halogens is 1. The predicted octanol–water partition coefficient (Wildman–Crippen LogP) is 1.70. The number of carbonyl (C=O) groups is 2. The summed E-state index contributed by atoms with van der Waals surface area (Å²) in [4.78, 5) is 25.7. The highest BCUT2D eigenvalue weighted by Crippen LogP contribution is 2.24. The van der Waals surface area contributed by atoms with Gasteiger partial charge in [-0.25, -0.2) is 4.39 Å². The van der Waals surface area contributed by atoms with Crippen molar-refractivity contribution in [2.24, 2.45) is 5.92 Å². The first-order chi connectivity index (χ1) is 9.13. The van der Waals surface area contributed by atoms with Crippen LogP contribution in [0.15, 0.2) is 24.3 Å². The van der Waals surface area contributed by atoms with Crippen LogP contribution in [0.5, 0.6) is 0 Å². The molecule has 4 nitrogen and oxygen atoms in total. The summed E-state index contributed by atoms with van der Waals surface area (Å²) in [5, 5.41) is 2.68. The summed E-state index contributed by atoms with van der Waals surface area (Å²) >= 11 is 0. The van der Waals surface area contributed by atoms with Gasteiger partial charge in [0.15, 0.2) is 0 Å². The molecule has 2 amide bonds. The highest BCUT2D eigenvalue weighted by atomic mass is 19.1. The molecule has 0 bridgehead atoms. The Bertz CT molecular complexity index is 473. The monoisotopic (exact) mass is 264 g/mol. The van der Waals surface area contributed by atoms with Crippen molar-refractivity contribution in [3.05, 3.63) is 30.1 Å². The quantitative estimate of drug-likeness (QED) is 0.845. The lowest BCUT2D eigenvalue weighted by atomic mass is 9.95. The smallest absolute Gasteiger partial charge is 0.239 e. The molecule has 0 radical (unpaired) electrons. The Morgan fingerprint density at radius 3 is 2.74 bits per heavy atom. The molecule has 1 aliphatic rings. The first kappa shape index (κ1) is 13.5. The Morgan fingerprint density at radius 2 is 2.11 bits per heavy atom. The third kappa shape index (κ3) is 2.92. The molecule has 1 fully saturated rings. The van der Waals surface area contributed by atoms with Gasteiger partial charge in [0.1, 0.15) is 11.7 Å². The van der Waals surface area contributed by atoms with Crippen LogP contribution in [0.3, 0.4) is 0 Å². The molecule has 1 aliphatic heterocycles. The number of anilines is 1. The van der Waals surface area contributed by atoms with Gasteiger partial charge >= 0.3 is 0 Å². The first-order valence-corrected chi connectivity index (χ1v) is 6.48. The lowest BCUT2D eigenvalue weighted by Crippen LogP contribution is -2.47. The number of rotatable bonds is 3. The van der Waals surface area contributed by atoms with Crippen molar-refractivity contribution < 1.29 is 14.0 Å². The molecule has 1 aromatic carbocycles. The van der Waals surface area contributed by atoms with Gasteiger partial charge < -0.3 is 10.2 Å². The van der Waals surface area contributed by atoms with Crippen LogP contribution in [0.25, 0.3) is 0 Å². The normalized spacial score (nSPS) is 19.4. The number of carbonyl (C=O) groups excluding carboxylic acids is 2. The SMILES string of the molecule is CCNC(=O)C1CCCN(c2ccc(F)cc2)C1=O. The van der Waals surface area contributed by atoms with Gasteiger partial charge in [-0.3, -0.25) is 9.59 Å². The molecule has 0 saturated carbocycles. The van der Waals surface area contributed by atoms with Crippen LogP contribution in [-0.2, 0) is 9.59 Å². The van der Waals surface area contributed by atoms with Gasteiger partial charge in [-0.1, -0.05) is 0 Å². The zero-order valence-corrected chi connectivity index (χ0v) is 10.9. The molecule has 1 saturated heterocycles. The van der Waals surface area contributed by atoms with E-state index >= 15 is 0 Å². The van der Waals surface area contributed by atoms with E-state index in [1.54, 1.807) is 17.0 Å². The van der Waals surface area contributed by atoms with Gasteiger partial charge in [-0.2, -0.15) is 0 Å². The molecule has 0 spiro atoms. The minimum atomic E-state index is -0.626. The maximum atomic E-state index is 12.9. The first-order valence-electron chi connectivity index (χ1n) is 6.48. The van der Waals surface area contributed by atoms with Crippen molar-refractivity contribution in [2.75, 3.05) is 18.0 Å². The van der Waals surface area contributed by atoms with Crippen LogP contribution >= 0.6 is 0 Å². The Labute approximate surface area is 111 Å². The number of piperidine rings is 1. The lowest BCUT2D eigenvalue weighted by molar-refractivity contribution is -0.135. The van der Waals surface area contributed by atoms with E-state index in [1.165, 1.54) is 12.1 Å². The van der Waals surface area contributed by atoms with E-state index in [4.69, 9.17) is 0 Å². The fourth-order valence-corrected chi connectivity index (χ4v) is 2.29. The summed E-state index contributed by atoms with van der Waals surface area (Å²) in [5.41, 5.74) is 0.639. The third-order valence-corrected chi connectivity index (χ3v) is 3.24. The number of amides is 2. The summed E-state index contributed by atoms with van der Waals surface area (Å²) in [7, 11) is 0. The molecular formula is C14H17FN2O2. The second kappa shape index (κ2) is 5.82. The van der Waals surface area contributed by atoms with E-state index in [2.05, 4.69) is 5.32 Å². The van der Waals surface area contributed by atoms with Crippen molar-refractivity contribution in [3.8, 4) is 0 Å². The van der Waals surface area contributed by atoms with Crippen LogP contribution in [0.2, 0.25) is 0 Å². The van der Waals surface area contributed by atoms with Crippen LogP contribution in [0.1, 0.15) is 19.8 Å². The van der Waals surface area contributed by atoms with Gasteiger partial charge in [0.05, 0.1) is 0 Å². The molecule has 102 valence electrons. The molecule has 2 rings (SSSR count). The second-order valence-electron chi connectivity index (χ2n) is 4.56. The van der Waals surface area contributed by atoms with E-state index in [0.717, 1.165) is 6.42 Å². The summed E-state index contributed by atoms with van der Waals surface area (Å²) in [5.74, 6) is -1.39. The number of hydrogen-bond acceptors (Lipinski definition) is 2. The molecule has 1 heterocycles. The van der Waals surface area contributed by atoms with Gasteiger partial charge in [-0.15, -0.1) is 0 Å². The number of nitrogens with zero attached hydrogens (tertiary/aromatic N) is 1. The largest absolute Gasteiger partial charge is 0.356 e. The van der Waals surface area contributed by atoms with Gasteiger partial charge in [0.2, 0.25) is 11.8 Å². The summed E-state index contributed by atoms with van der Waals surface area (Å²) in [6.07, 6.45) is 1.34. The zero-order chi connectivity index (χ0) is 13.8. The molecular weight excluding hydrogens is 247 g/mol. The van der Waals surface area contributed by atoms with E-state index in [-0.39, 0.29) is 17.6 Å². The number of hydrogen-bond donors (Lipinski definition) is 1. The Hall–Kier alpha value is -1.91. The number of nitrogens with one attached hydrogen (secondary N) is 1. The number of benzene rings is 1.